The van der Waals surface area contributed by atoms with E-state index in [1.807, 2.05) is 0 Å². The largest absolute Gasteiger partial charge is 0.497 e. The molecule has 30 heavy (non-hydrogen) atoms. The molecule has 0 bridgehead atoms. The number of sulfonamides is 1. The Bertz CT molecular complexity index is 1190. The smallest absolute Gasteiger partial charge is 0.338 e. The number of esters is 1. The quantitative estimate of drug-likeness (QED) is 0.589. The molecule has 158 valence electrons. The molecule has 3 aromatic rings. The van der Waals surface area contributed by atoms with Gasteiger partial charge in [0, 0.05) is 5.56 Å². The van der Waals surface area contributed by atoms with E-state index in [4.69, 9.17) is 19.0 Å². The summed E-state index contributed by atoms with van der Waals surface area (Å²) >= 11 is 0. The maximum absolute atomic E-state index is 12.6. The van der Waals surface area contributed by atoms with E-state index >= 15 is 0 Å². The average molecular weight is 431 g/mol. The SMILES string of the molecule is COc1ccc(-c2nnc(C(C)OC(=O)c3cc(C)c(C)c(S(N)(=O)=O)c3)o2)cc1. The number of aryl methyl sites for hydroxylation is 1. The van der Waals surface area contributed by atoms with Crippen molar-refractivity contribution in [1.29, 1.82) is 0 Å². The first-order valence-corrected chi connectivity index (χ1v) is 10.5. The molecule has 3 rings (SSSR count). The zero-order valence-corrected chi connectivity index (χ0v) is 17.7. The molecule has 9 nitrogen and oxygen atoms in total. The lowest BCUT2D eigenvalue weighted by molar-refractivity contribution is 0.0279. The van der Waals surface area contributed by atoms with E-state index in [1.165, 1.54) is 12.1 Å². The minimum atomic E-state index is -3.98. The fourth-order valence-electron chi connectivity index (χ4n) is 2.77. The molecule has 1 aromatic heterocycles. The summed E-state index contributed by atoms with van der Waals surface area (Å²) in [6.07, 6.45) is -0.850. The Hall–Kier alpha value is -3.24. The van der Waals surface area contributed by atoms with E-state index in [-0.39, 0.29) is 22.2 Å². The number of hydrogen-bond acceptors (Lipinski definition) is 8. The van der Waals surface area contributed by atoms with E-state index in [2.05, 4.69) is 10.2 Å². The summed E-state index contributed by atoms with van der Waals surface area (Å²) in [7, 11) is -2.42. The van der Waals surface area contributed by atoms with Crippen LogP contribution in [0.5, 0.6) is 5.75 Å². The topological polar surface area (TPSA) is 135 Å². The molecule has 0 aliphatic rings. The number of methoxy groups -OCH3 is 1. The van der Waals surface area contributed by atoms with Crippen molar-refractivity contribution in [3.63, 3.8) is 0 Å². The molecule has 10 heteroatoms. The third-order valence-corrected chi connectivity index (χ3v) is 5.61. The van der Waals surface area contributed by atoms with Gasteiger partial charge in [0.15, 0.2) is 6.10 Å². The molecule has 1 heterocycles. The van der Waals surface area contributed by atoms with Gasteiger partial charge < -0.3 is 13.9 Å². The van der Waals surface area contributed by atoms with Crippen LogP contribution in [0.1, 0.15) is 40.4 Å². The fourth-order valence-corrected chi connectivity index (χ4v) is 3.65. The first-order valence-electron chi connectivity index (χ1n) is 8.93. The number of rotatable bonds is 6. The number of nitrogens with zero attached hydrogens (tertiary/aromatic N) is 2. The van der Waals surface area contributed by atoms with Crippen molar-refractivity contribution >= 4 is 16.0 Å². The lowest BCUT2D eigenvalue weighted by Gasteiger charge is -2.12. The highest BCUT2D eigenvalue weighted by Crippen LogP contribution is 2.26. The summed E-state index contributed by atoms with van der Waals surface area (Å²) in [6.45, 7) is 4.88. The molecule has 0 spiro atoms. The maximum atomic E-state index is 12.6. The molecule has 1 unspecified atom stereocenters. The van der Waals surface area contributed by atoms with Crippen LogP contribution < -0.4 is 9.88 Å². The number of carbonyl (C=O) groups is 1. The second kappa shape index (κ2) is 8.25. The first kappa shape index (κ1) is 21.5. The first-order chi connectivity index (χ1) is 14.1. The van der Waals surface area contributed by atoms with Crippen molar-refractivity contribution < 1.29 is 27.1 Å². The molecule has 2 aromatic carbocycles. The highest BCUT2D eigenvalue weighted by Gasteiger charge is 2.23. The highest BCUT2D eigenvalue weighted by molar-refractivity contribution is 7.89. The van der Waals surface area contributed by atoms with Gasteiger partial charge in [0.25, 0.3) is 5.89 Å². The molecule has 0 amide bonds. The highest BCUT2D eigenvalue weighted by atomic mass is 32.2. The van der Waals surface area contributed by atoms with Crippen molar-refractivity contribution in [2.45, 2.75) is 31.8 Å². The third kappa shape index (κ3) is 4.50. The Balaban J connectivity index is 1.79. The summed E-state index contributed by atoms with van der Waals surface area (Å²) < 4.78 is 39.7. The molecule has 0 saturated heterocycles. The normalized spacial score (nSPS) is 12.4. The van der Waals surface area contributed by atoms with Crippen molar-refractivity contribution in [3.8, 4) is 17.2 Å². The molecule has 0 radical (unpaired) electrons. The maximum Gasteiger partial charge on any atom is 0.338 e. The number of primary sulfonamides is 1. The summed E-state index contributed by atoms with van der Waals surface area (Å²) in [6, 6.07) is 9.77. The molecule has 2 N–H and O–H groups in total. The number of ether oxygens (including phenoxy) is 2. The van der Waals surface area contributed by atoms with Crippen LogP contribution in [-0.2, 0) is 14.8 Å². The lowest BCUT2D eigenvalue weighted by atomic mass is 10.1. The van der Waals surface area contributed by atoms with E-state index in [1.54, 1.807) is 52.1 Å². The van der Waals surface area contributed by atoms with Crippen molar-refractivity contribution in [3.05, 3.63) is 59.0 Å². The number of carbonyl (C=O) groups excluding carboxylic acids is 1. The number of aromatic nitrogens is 2. The standard InChI is InChI=1S/C20H21N3O6S/c1-11-9-15(10-17(12(11)2)30(21,25)26)20(24)28-13(3)18-22-23-19(29-18)14-5-7-16(27-4)8-6-14/h5-10,13H,1-4H3,(H2,21,25,26). The van der Waals surface area contributed by atoms with Gasteiger partial charge in [-0.05, 0) is 68.3 Å². The van der Waals surface area contributed by atoms with Gasteiger partial charge in [-0.25, -0.2) is 18.4 Å². The van der Waals surface area contributed by atoms with Crippen LogP contribution in [0, 0.1) is 13.8 Å². The van der Waals surface area contributed by atoms with Crippen LogP contribution in [0.15, 0.2) is 45.7 Å². The van der Waals surface area contributed by atoms with Crippen LogP contribution in [0.2, 0.25) is 0 Å². The van der Waals surface area contributed by atoms with Crippen molar-refractivity contribution in [2.75, 3.05) is 7.11 Å². The van der Waals surface area contributed by atoms with Crippen LogP contribution in [0.3, 0.4) is 0 Å². The second-order valence-electron chi connectivity index (χ2n) is 6.68. The lowest BCUT2D eigenvalue weighted by Crippen LogP contribution is -2.16. The van der Waals surface area contributed by atoms with E-state index in [0.29, 0.717) is 22.4 Å². The molecule has 0 saturated carbocycles. The summed E-state index contributed by atoms with van der Waals surface area (Å²) in [4.78, 5) is 12.4. The third-order valence-electron chi connectivity index (χ3n) is 4.57. The predicted octanol–water partition coefficient (Wildman–Crippen LogP) is 2.93. The molecule has 1 atom stereocenters. The summed E-state index contributed by atoms with van der Waals surface area (Å²) in [5.74, 6) is 0.315. The second-order valence-corrected chi connectivity index (χ2v) is 8.21. The van der Waals surface area contributed by atoms with E-state index < -0.39 is 22.1 Å². The molecular weight excluding hydrogens is 410 g/mol. The van der Waals surface area contributed by atoms with Gasteiger partial charge in [-0.15, -0.1) is 10.2 Å². The van der Waals surface area contributed by atoms with Gasteiger partial charge in [-0.2, -0.15) is 0 Å². The Morgan fingerprint density at radius 1 is 1.13 bits per heavy atom. The van der Waals surface area contributed by atoms with Crippen LogP contribution in [0.4, 0.5) is 0 Å². The van der Waals surface area contributed by atoms with Gasteiger partial charge in [0.2, 0.25) is 15.9 Å². The van der Waals surface area contributed by atoms with Gasteiger partial charge in [0.05, 0.1) is 17.6 Å². The predicted molar refractivity (Wildman–Crippen MR) is 107 cm³/mol. The Labute approximate surface area is 173 Å². The Kier molecular flexibility index (Phi) is 5.90. The molecule has 0 fully saturated rings. The Morgan fingerprint density at radius 2 is 1.80 bits per heavy atom. The monoisotopic (exact) mass is 431 g/mol. The van der Waals surface area contributed by atoms with Gasteiger partial charge in [-0.1, -0.05) is 0 Å². The average Bonchev–Trinajstić information content (AvgIpc) is 3.19. The minimum Gasteiger partial charge on any atom is -0.497 e. The Morgan fingerprint density at radius 3 is 2.40 bits per heavy atom. The molecule has 0 aliphatic carbocycles. The van der Waals surface area contributed by atoms with Gasteiger partial charge >= 0.3 is 5.97 Å². The van der Waals surface area contributed by atoms with E-state index in [0.717, 1.165) is 0 Å². The van der Waals surface area contributed by atoms with Gasteiger partial charge in [0.1, 0.15) is 5.75 Å². The van der Waals surface area contributed by atoms with Gasteiger partial charge in [-0.3, -0.25) is 0 Å². The number of benzene rings is 2. The zero-order valence-electron chi connectivity index (χ0n) is 16.9. The van der Waals surface area contributed by atoms with Crippen molar-refractivity contribution in [2.24, 2.45) is 5.14 Å². The van der Waals surface area contributed by atoms with Crippen LogP contribution in [-0.4, -0.2) is 31.7 Å². The molecule has 0 aliphatic heterocycles. The number of nitrogens with two attached hydrogens (primary N) is 1. The van der Waals surface area contributed by atoms with Crippen LogP contribution in [0.25, 0.3) is 11.5 Å². The minimum absolute atomic E-state index is 0.0591. The molecular formula is C20H21N3O6S. The fraction of sp³-hybridized carbons (Fsp3) is 0.250. The van der Waals surface area contributed by atoms with Crippen molar-refractivity contribution in [1.82, 2.24) is 10.2 Å². The van der Waals surface area contributed by atoms with Crippen LogP contribution >= 0.6 is 0 Å². The summed E-state index contributed by atoms with van der Waals surface area (Å²) in [5.41, 5.74) is 1.81. The zero-order chi connectivity index (χ0) is 22.1. The summed E-state index contributed by atoms with van der Waals surface area (Å²) in [5, 5.41) is 13.1. The number of hydrogen-bond donors (Lipinski definition) is 1. The van der Waals surface area contributed by atoms with E-state index in [9.17, 15) is 13.2 Å².